The number of sulfonamides is 1. The number of rotatable bonds is 9. The van der Waals surface area contributed by atoms with Gasteiger partial charge in [-0.25, -0.2) is 13.4 Å². The van der Waals surface area contributed by atoms with Gasteiger partial charge >= 0.3 is 0 Å². The number of methoxy groups -OCH3 is 2. The number of piperazine rings is 1. The van der Waals surface area contributed by atoms with Crippen molar-refractivity contribution in [1.82, 2.24) is 14.3 Å². The van der Waals surface area contributed by atoms with Crippen LogP contribution in [0.5, 0.6) is 11.5 Å². The summed E-state index contributed by atoms with van der Waals surface area (Å²) in [5.74, 6) is 1.88. The predicted molar refractivity (Wildman–Crippen MR) is 159 cm³/mol. The molecule has 4 aromatic rings. The molecule has 0 radical (unpaired) electrons. The zero-order valence-corrected chi connectivity index (χ0v) is 23.9. The van der Waals surface area contributed by atoms with Crippen molar-refractivity contribution >= 4 is 32.7 Å². The molecule has 40 heavy (non-hydrogen) atoms. The quantitative estimate of drug-likeness (QED) is 0.312. The van der Waals surface area contributed by atoms with Gasteiger partial charge in [-0.2, -0.15) is 9.29 Å². The van der Waals surface area contributed by atoms with Gasteiger partial charge in [-0.15, -0.1) is 0 Å². The van der Waals surface area contributed by atoms with E-state index in [1.165, 1.54) is 22.7 Å². The average Bonchev–Trinajstić information content (AvgIpc) is 2.99. The Morgan fingerprint density at radius 3 is 2.05 bits per heavy atom. The molecule has 0 atom stereocenters. The van der Waals surface area contributed by atoms with E-state index in [0.717, 1.165) is 17.5 Å². The van der Waals surface area contributed by atoms with E-state index >= 15 is 0 Å². The number of nitrogen functional groups attached to an aromatic ring is 1. The average molecular weight is 562 g/mol. The molecule has 0 unspecified atom stereocenters. The minimum absolute atomic E-state index is 0.288. The molecule has 0 aliphatic carbocycles. The van der Waals surface area contributed by atoms with Crippen molar-refractivity contribution in [1.29, 1.82) is 0 Å². The summed E-state index contributed by atoms with van der Waals surface area (Å²) in [5, 5.41) is 0.665. The molecule has 0 spiro atoms. The summed E-state index contributed by atoms with van der Waals surface area (Å²) in [5.41, 5.74) is 10.3. The van der Waals surface area contributed by atoms with Gasteiger partial charge in [0.2, 0.25) is 16.0 Å². The number of ether oxygens (including phenoxy) is 2. The highest BCUT2D eigenvalue weighted by atomic mass is 32.2. The van der Waals surface area contributed by atoms with Crippen molar-refractivity contribution in [3.8, 4) is 22.6 Å². The molecule has 1 aromatic heterocycles. The van der Waals surface area contributed by atoms with E-state index < -0.39 is 10.0 Å². The van der Waals surface area contributed by atoms with Crippen LogP contribution in [0.25, 0.3) is 22.0 Å². The number of benzene rings is 3. The van der Waals surface area contributed by atoms with Crippen molar-refractivity contribution in [2.75, 3.05) is 51.0 Å². The summed E-state index contributed by atoms with van der Waals surface area (Å²) in [7, 11) is -0.509. The number of anilines is 2. The van der Waals surface area contributed by atoms with Gasteiger partial charge in [0.05, 0.1) is 24.6 Å². The van der Waals surface area contributed by atoms with E-state index in [0.29, 0.717) is 60.3 Å². The van der Waals surface area contributed by atoms with Gasteiger partial charge in [0.1, 0.15) is 5.82 Å². The monoisotopic (exact) mass is 561 g/mol. The van der Waals surface area contributed by atoms with E-state index in [-0.39, 0.29) is 4.90 Å². The van der Waals surface area contributed by atoms with Crippen LogP contribution >= 0.6 is 0 Å². The molecule has 2 N–H and O–H groups in total. The van der Waals surface area contributed by atoms with Crippen LogP contribution in [0.2, 0.25) is 0 Å². The maximum atomic E-state index is 13.4. The van der Waals surface area contributed by atoms with Crippen molar-refractivity contribution in [3.05, 3.63) is 66.2 Å². The van der Waals surface area contributed by atoms with Crippen molar-refractivity contribution in [2.45, 2.75) is 31.1 Å². The molecule has 0 saturated carbocycles. The Balaban J connectivity index is 1.27. The maximum absolute atomic E-state index is 13.4. The first-order valence-electron chi connectivity index (χ1n) is 13.5. The number of aryl methyl sites for hydroxylation is 1. The minimum Gasteiger partial charge on any atom is -0.493 e. The molecule has 0 amide bonds. The topological polar surface area (TPSA) is 111 Å². The Labute approximate surface area is 235 Å². The molecule has 9 nitrogen and oxygen atoms in total. The van der Waals surface area contributed by atoms with Crippen LogP contribution in [0.3, 0.4) is 0 Å². The first kappa shape index (κ1) is 27.7. The maximum Gasteiger partial charge on any atom is 0.243 e. The summed E-state index contributed by atoms with van der Waals surface area (Å²) in [6, 6.07) is 19.1. The third-order valence-electron chi connectivity index (χ3n) is 7.34. The second-order valence-corrected chi connectivity index (χ2v) is 11.8. The number of unbranched alkanes of at least 4 members (excludes halogenated alkanes) is 1. The first-order chi connectivity index (χ1) is 19.3. The smallest absolute Gasteiger partial charge is 0.243 e. The summed E-state index contributed by atoms with van der Waals surface area (Å²) >= 11 is 0. The lowest BCUT2D eigenvalue weighted by Gasteiger charge is -2.34. The Morgan fingerprint density at radius 2 is 1.45 bits per heavy atom. The standard InChI is InChI=1S/C30H35N5O4S/c1-4-5-6-21-7-9-22(10-8-21)23-11-13-24(14-12-23)40(36,37)35-17-15-34(16-18-35)30-32-26-20-28(39-3)27(38-2)19-25(26)29(31)33-30/h7-14,19-20H,4-6,15-18H2,1-3H3,(H2,31,32,33). The van der Waals surface area contributed by atoms with Crippen LogP contribution in [0, 0.1) is 0 Å². The van der Waals surface area contributed by atoms with E-state index in [4.69, 9.17) is 15.2 Å². The molecule has 210 valence electrons. The summed E-state index contributed by atoms with van der Waals surface area (Å²) in [6.45, 7) is 3.71. The fourth-order valence-corrected chi connectivity index (χ4v) is 6.37. The zero-order chi connectivity index (χ0) is 28.3. The highest BCUT2D eigenvalue weighted by Gasteiger charge is 2.29. The molecular weight excluding hydrogens is 526 g/mol. The van der Waals surface area contributed by atoms with E-state index in [1.54, 1.807) is 38.5 Å². The van der Waals surface area contributed by atoms with Crippen molar-refractivity contribution in [3.63, 3.8) is 0 Å². The number of hydrogen-bond donors (Lipinski definition) is 1. The third-order valence-corrected chi connectivity index (χ3v) is 9.25. The molecule has 1 aliphatic heterocycles. The van der Waals surface area contributed by atoms with Gasteiger partial charge in [0.25, 0.3) is 0 Å². The Kier molecular flexibility index (Phi) is 8.09. The van der Waals surface area contributed by atoms with Gasteiger partial charge in [0.15, 0.2) is 11.5 Å². The fraction of sp³-hybridized carbons (Fsp3) is 0.333. The lowest BCUT2D eigenvalue weighted by molar-refractivity contribution is 0.356. The lowest BCUT2D eigenvalue weighted by atomic mass is 10.0. The third kappa shape index (κ3) is 5.55. The number of nitrogens with zero attached hydrogens (tertiary/aromatic N) is 4. The molecule has 10 heteroatoms. The van der Waals surface area contributed by atoms with Crippen LogP contribution in [-0.4, -0.2) is 63.1 Å². The Morgan fingerprint density at radius 1 is 0.850 bits per heavy atom. The molecular formula is C30H35N5O4S. The molecule has 5 rings (SSSR count). The predicted octanol–water partition coefficient (Wildman–Crippen LogP) is 4.75. The number of hydrogen-bond acceptors (Lipinski definition) is 8. The summed E-state index contributed by atoms with van der Waals surface area (Å²) in [6.07, 6.45) is 3.42. The normalized spacial score (nSPS) is 14.4. The number of aromatic nitrogens is 2. The molecule has 1 aliphatic rings. The van der Waals surface area contributed by atoms with Crippen LogP contribution in [0.4, 0.5) is 11.8 Å². The largest absolute Gasteiger partial charge is 0.493 e. The van der Waals surface area contributed by atoms with Crippen LogP contribution in [-0.2, 0) is 16.4 Å². The fourth-order valence-electron chi connectivity index (χ4n) is 4.95. The molecule has 2 heterocycles. The Bertz CT molecular complexity index is 1580. The van der Waals surface area contributed by atoms with Crippen molar-refractivity contribution in [2.24, 2.45) is 0 Å². The van der Waals surface area contributed by atoms with Gasteiger partial charge in [-0.05, 0) is 47.7 Å². The minimum atomic E-state index is -3.63. The molecule has 0 bridgehead atoms. The SMILES string of the molecule is CCCCc1ccc(-c2ccc(S(=O)(=O)N3CCN(c4nc(N)c5cc(OC)c(OC)cc5n4)CC3)cc2)cc1. The van der Waals surface area contributed by atoms with Crippen LogP contribution in [0.1, 0.15) is 25.3 Å². The van der Waals surface area contributed by atoms with Crippen LogP contribution in [0.15, 0.2) is 65.6 Å². The van der Waals surface area contributed by atoms with Gasteiger partial charge < -0.3 is 20.1 Å². The van der Waals surface area contributed by atoms with Gasteiger partial charge in [-0.1, -0.05) is 49.7 Å². The molecule has 1 saturated heterocycles. The van der Waals surface area contributed by atoms with Gasteiger partial charge in [-0.3, -0.25) is 0 Å². The summed E-state index contributed by atoms with van der Waals surface area (Å²) in [4.78, 5) is 11.4. The highest BCUT2D eigenvalue weighted by Crippen LogP contribution is 2.34. The van der Waals surface area contributed by atoms with E-state index in [1.807, 2.05) is 17.0 Å². The highest BCUT2D eigenvalue weighted by molar-refractivity contribution is 7.89. The molecule has 1 fully saturated rings. The van der Waals surface area contributed by atoms with Crippen LogP contribution < -0.4 is 20.1 Å². The second-order valence-electron chi connectivity index (χ2n) is 9.85. The zero-order valence-electron chi connectivity index (χ0n) is 23.1. The lowest BCUT2D eigenvalue weighted by Crippen LogP contribution is -2.49. The first-order valence-corrected chi connectivity index (χ1v) is 14.9. The van der Waals surface area contributed by atoms with Crippen molar-refractivity contribution < 1.29 is 17.9 Å². The summed E-state index contributed by atoms with van der Waals surface area (Å²) < 4.78 is 39.1. The van der Waals surface area contributed by atoms with E-state index in [2.05, 4.69) is 41.2 Å². The Hall–Kier alpha value is -3.89. The van der Waals surface area contributed by atoms with E-state index in [9.17, 15) is 8.42 Å². The number of nitrogens with two attached hydrogens (primary N) is 1. The molecule has 3 aromatic carbocycles. The van der Waals surface area contributed by atoms with Gasteiger partial charge in [0, 0.05) is 37.6 Å². The number of fused-ring (bicyclic) bond motifs is 1. The second kappa shape index (κ2) is 11.7.